The third-order valence-electron chi connectivity index (χ3n) is 3.81. The Hall–Kier alpha value is -2.49. The SMILES string of the molecule is COC(=O)[C@@H](Cc1ccc(Cl)cc1)NS(=O)(=O)c1cccc(C)c1[N+](=O)[O-]. The van der Waals surface area contributed by atoms with Crippen LogP contribution in [0.2, 0.25) is 5.02 Å². The van der Waals surface area contributed by atoms with Gasteiger partial charge in [-0.3, -0.25) is 14.9 Å². The molecule has 10 heteroatoms. The van der Waals surface area contributed by atoms with Crippen molar-refractivity contribution in [1.29, 1.82) is 0 Å². The molecule has 0 aliphatic heterocycles. The van der Waals surface area contributed by atoms with Crippen LogP contribution in [0.3, 0.4) is 0 Å². The number of methoxy groups -OCH3 is 1. The molecule has 2 rings (SSSR count). The van der Waals surface area contributed by atoms with E-state index in [1.54, 1.807) is 24.3 Å². The summed E-state index contributed by atoms with van der Waals surface area (Å²) in [6.45, 7) is 1.43. The molecular weight excluding hydrogens is 396 g/mol. The highest BCUT2D eigenvalue weighted by Gasteiger charge is 2.32. The maximum atomic E-state index is 12.7. The van der Waals surface area contributed by atoms with Gasteiger partial charge in [0, 0.05) is 10.6 Å². The predicted octanol–water partition coefficient (Wildman–Crippen LogP) is 2.62. The van der Waals surface area contributed by atoms with Gasteiger partial charge in [-0.1, -0.05) is 35.9 Å². The smallest absolute Gasteiger partial charge is 0.324 e. The van der Waals surface area contributed by atoms with Crippen molar-refractivity contribution in [3.05, 3.63) is 68.7 Å². The van der Waals surface area contributed by atoms with Crippen LogP contribution in [0, 0.1) is 17.0 Å². The molecule has 0 aromatic heterocycles. The molecule has 0 fully saturated rings. The van der Waals surface area contributed by atoms with Gasteiger partial charge in [-0.2, -0.15) is 4.72 Å². The number of nitrogens with zero attached hydrogens (tertiary/aromatic N) is 1. The molecule has 144 valence electrons. The van der Waals surface area contributed by atoms with Gasteiger partial charge in [-0.15, -0.1) is 0 Å². The van der Waals surface area contributed by atoms with Crippen molar-refractivity contribution in [3.8, 4) is 0 Å². The second kappa shape index (κ2) is 8.47. The Morgan fingerprint density at radius 1 is 1.26 bits per heavy atom. The number of carbonyl (C=O) groups excluding carboxylic acids is 1. The van der Waals surface area contributed by atoms with Crippen molar-refractivity contribution in [3.63, 3.8) is 0 Å². The molecule has 2 aromatic rings. The average molecular weight is 413 g/mol. The summed E-state index contributed by atoms with van der Waals surface area (Å²) in [5, 5.41) is 11.8. The van der Waals surface area contributed by atoms with Crippen LogP contribution in [0.1, 0.15) is 11.1 Å². The average Bonchev–Trinajstić information content (AvgIpc) is 2.61. The summed E-state index contributed by atoms with van der Waals surface area (Å²) >= 11 is 5.82. The van der Waals surface area contributed by atoms with Crippen molar-refractivity contribution in [2.45, 2.75) is 24.3 Å². The molecule has 1 atom stereocenters. The van der Waals surface area contributed by atoms with Crippen molar-refractivity contribution in [1.82, 2.24) is 4.72 Å². The fourth-order valence-electron chi connectivity index (χ4n) is 2.51. The van der Waals surface area contributed by atoms with Gasteiger partial charge >= 0.3 is 5.97 Å². The molecule has 2 aromatic carbocycles. The van der Waals surface area contributed by atoms with Gasteiger partial charge in [0.2, 0.25) is 10.0 Å². The maximum absolute atomic E-state index is 12.7. The highest BCUT2D eigenvalue weighted by Crippen LogP contribution is 2.27. The summed E-state index contributed by atoms with van der Waals surface area (Å²) in [6, 6.07) is 9.16. The zero-order chi connectivity index (χ0) is 20.2. The first-order chi connectivity index (χ1) is 12.7. The predicted molar refractivity (Wildman–Crippen MR) is 99.1 cm³/mol. The quantitative estimate of drug-likeness (QED) is 0.424. The molecule has 0 aliphatic rings. The van der Waals surface area contributed by atoms with Crippen LogP contribution in [-0.4, -0.2) is 32.5 Å². The third-order valence-corrected chi connectivity index (χ3v) is 5.56. The number of para-hydroxylation sites is 1. The lowest BCUT2D eigenvalue weighted by Crippen LogP contribution is -2.43. The molecule has 0 amide bonds. The normalized spacial score (nSPS) is 12.4. The molecule has 0 heterocycles. The second-order valence-corrected chi connectivity index (χ2v) is 7.83. The molecule has 0 saturated heterocycles. The van der Waals surface area contributed by atoms with Gasteiger partial charge in [0.1, 0.15) is 6.04 Å². The number of ether oxygens (including phenoxy) is 1. The summed E-state index contributed by atoms with van der Waals surface area (Å²) in [7, 11) is -3.23. The molecule has 0 unspecified atom stereocenters. The van der Waals surface area contributed by atoms with E-state index in [9.17, 15) is 23.3 Å². The van der Waals surface area contributed by atoms with Crippen molar-refractivity contribution >= 4 is 33.3 Å². The van der Waals surface area contributed by atoms with Crippen LogP contribution in [0.15, 0.2) is 47.4 Å². The Morgan fingerprint density at radius 3 is 2.44 bits per heavy atom. The molecule has 0 aliphatic carbocycles. The van der Waals surface area contributed by atoms with Crippen LogP contribution < -0.4 is 4.72 Å². The minimum Gasteiger partial charge on any atom is -0.468 e. The first-order valence-corrected chi connectivity index (χ1v) is 9.60. The van der Waals surface area contributed by atoms with Crippen molar-refractivity contribution in [2.24, 2.45) is 0 Å². The van der Waals surface area contributed by atoms with E-state index in [0.717, 1.165) is 13.2 Å². The first kappa shape index (κ1) is 20.8. The second-order valence-electron chi connectivity index (χ2n) is 5.71. The number of aryl methyl sites for hydroxylation is 1. The molecule has 1 N–H and O–H groups in total. The van der Waals surface area contributed by atoms with Gasteiger partial charge in [0.25, 0.3) is 5.69 Å². The summed E-state index contributed by atoms with van der Waals surface area (Å²) in [5.41, 5.74) is 0.284. The number of nitro groups is 1. The minimum absolute atomic E-state index is 0.0112. The fourth-order valence-corrected chi connectivity index (χ4v) is 4.06. The zero-order valence-corrected chi connectivity index (χ0v) is 16.1. The van der Waals surface area contributed by atoms with Crippen LogP contribution in [-0.2, 0) is 26.0 Å². The highest BCUT2D eigenvalue weighted by molar-refractivity contribution is 7.89. The summed E-state index contributed by atoms with van der Waals surface area (Å²) < 4.78 is 32.4. The third kappa shape index (κ3) is 5.03. The Labute approximate surface area is 161 Å². The Morgan fingerprint density at radius 2 is 1.89 bits per heavy atom. The molecular formula is C17H17ClN2O6S. The van der Waals surface area contributed by atoms with E-state index in [1.165, 1.54) is 19.1 Å². The van der Waals surface area contributed by atoms with E-state index < -0.39 is 37.5 Å². The number of esters is 1. The van der Waals surface area contributed by atoms with E-state index in [1.807, 2.05) is 0 Å². The lowest BCUT2D eigenvalue weighted by molar-refractivity contribution is -0.388. The fraction of sp³-hybridized carbons (Fsp3) is 0.235. The number of nitro benzene ring substituents is 1. The Kier molecular flexibility index (Phi) is 6.53. The Bertz CT molecular complexity index is 960. The molecule has 0 bridgehead atoms. The number of hydrogen-bond donors (Lipinski definition) is 1. The van der Waals surface area contributed by atoms with Crippen molar-refractivity contribution in [2.75, 3.05) is 7.11 Å². The van der Waals surface area contributed by atoms with E-state index >= 15 is 0 Å². The van der Waals surface area contributed by atoms with Gasteiger partial charge in [-0.05, 0) is 37.1 Å². The lowest BCUT2D eigenvalue weighted by atomic mass is 10.1. The summed E-state index contributed by atoms with van der Waals surface area (Å²) in [5.74, 6) is -0.816. The van der Waals surface area contributed by atoms with E-state index in [4.69, 9.17) is 11.6 Å². The maximum Gasteiger partial charge on any atom is 0.324 e. The van der Waals surface area contributed by atoms with E-state index in [0.29, 0.717) is 10.6 Å². The summed E-state index contributed by atoms with van der Waals surface area (Å²) in [4.78, 5) is 22.1. The number of halogens is 1. The van der Waals surface area contributed by atoms with Crippen LogP contribution in [0.25, 0.3) is 0 Å². The number of hydrogen-bond acceptors (Lipinski definition) is 6. The largest absolute Gasteiger partial charge is 0.468 e. The minimum atomic E-state index is -4.36. The van der Waals surface area contributed by atoms with Crippen LogP contribution in [0.5, 0.6) is 0 Å². The Balaban J connectivity index is 2.39. The van der Waals surface area contributed by atoms with E-state index in [2.05, 4.69) is 9.46 Å². The lowest BCUT2D eigenvalue weighted by Gasteiger charge is -2.17. The topological polar surface area (TPSA) is 116 Å². The van der Waals surface area contributed by atoms with Gasteiger partial charge in [-0.25, -0.2) is 8.42 Å². The number of carbonyl (C=O) groups is 1. The molecule has 8 nitrogen and oxygen atoms in total. The highest BCUT2D eigenvalue weighted by atomic mass is 35.5. The number of benzene rings is 2. The standard InChI is InChI=1S/C17H17ClN2O6S/c1-11-4-3-5-15(16(11)20(22)23)27(24,25)19-14(17(21)26-2)10-12-6-8-13(18)9-7-12/h3-9,14,19H,10H2,1-2H3/t14-/m1/s1. The first-order valence-electron chi connectivity index (χ1n) is 7.74. The number of sulfonamides is 1. The monoisotopic (exact) mass is 412 g/mol. The van der Waals surface area contributed by atoms with Gasteiger partial charge < -0.3 is 4.74 Å². The van der Waals surface area contributed by atoms with Crippen LogP contribution in [0.4, 0.5) is 5.69 Å². The number of nitrogens with one attached hydrogen (secondary N) is 1. The summed E-state index contributed by atoms with van der Waals surface area (Å²) in [6.07, 6.45) is -0.0112. The van der Waals surface area contributed by atoms with Crippen LogP contribution >= 0.6 is 11.6 Å². The molecule has 0 radical (unpaired) electrons. The van der Waals surface area contributed by atoms with Crippen molar-refractivity contribution < 1.29 is 22.9 Å². The zero-order valence-electron chi connectivity index (χ0n) is 14.5. The molecule has 27 heavy (non-hydrogen) atoms. The molecule has 0 saturated carbocycles. The van der Waals surface area contributed by atoms with Gasteiger partial charge in [0.15, 0.2) is 4.90 Å². The number of rotatable bonds is 7. The van der Waals surface area contributed by atoms with Gasteiger partial charge in [0.05, 0.1) is 12.0 Å². The molecule has 0 spiro atoms. The van der Waals surface area contributed by atoms with E-state index in [-0.39, 0.29) is 12.0 Å².